The predicted octanol–water partition coefficient (Wildman–Crippen LogP) is 4.43. The normalized spacial score (nSPS) is 21.5. The van der Waals surface area contributed by atoms with Crippen LogP contribution in [0.4, 0.5) is 0 Å². The molecule has 1 amide bonds. The van der Waals surface area contributed by atoms with Gasteiger partial charge in [-0.2, -0.15) is 0 Å². The molecule has 4 rings (SSSR count). The Morgan fingerprint density at radius 1 is 1.18 bits per heavy atom. The third-order valence-electron chi connectivity index (χ3n) is 6.43. The lowest BCUT2D eigenvalue weighted by Crippen LogP contribution is -2.38. The molecule has 6 nitrogen and oxygen atoms in total. The first kappa shape index (κ1) is 23.3. The molecule has 2 aliphatic heterocycles. The second-order valence-electron chi connectivity index (χ2n) is 8.53. The summed E-state index contributed by atoms with van der Waals surface area (Å²) in [5.41, 5.74) is 2.26. The fraction of sp³-hybridized carbons (Fsp3) is 0.385. The average Bonchev–Trinajstić information content (AvgIpc) is 3.30. The van der Waals surface area contributed by atoms with Gasteiger partial charge in [0.25, 0.3) is 11.7 Å². The molecule has 0 saturated carbocycles. The molecule has 2 atom stereocenters. The standard InChI is InChI=1S/C26H29ClN2O4/c1-4-28(5-2)11-12-29-23(17-7-6-8-20(27)15-17)22(25(31)26(29)32)24(30)18-9-10-21-19(14-18)13-16(3)33-21/h6-10,14-16,23,30H,4-5,11-13H2,1-3H3/t16-,23-/m1/s1. The molecule has 2 aromatic rings. The fourth-order valence-corrected chi connectivity index (χ4v) is 4.85. The molecule has 2 aliphatic rings. The number of likely N-dealkylation sites (tertiary alicyclic amines) is 1. The van der Waals surface area contributed by atoms with Gasteiger partial charge >= 0.3 is 0 Å². The number of likely N-dealkylation sites (N-methyl/N-ethyl adjacent to an activating group) is 1. The van der Waals surface area contributed by atoms with Crippen LogP contribution in [-0.2, 0) is 16.0 Å². The molecule has 0 aliphatic carbocycles. The summed E-state index contributed by atoms with van der Waals surface area (Å²) in [7, 11) is 0. The second-order valence-corrected chi connectivity index (χ2v) is 8.97. The van der Waals surface area contributed by atoms with Crippen molar-refractivity contribution < 1.29 is 19.4 Å². The van der Waals surface area contributed by atoms with E-state index in [0.29, 0.717) is 29.2 Å². The number of aliphatic hydroxyl groups is 1. The molecule has 1 saturated heterocycles. The summed E-state index contributed by atoms with van der Waals surface area (Å²) in [6, 6.07) is 11.8. The molecule has 2 heterocycles. The van der Waals surface area contributed by atoms with Gasteiger partial charge in [-0.3, -0.25) is 9.59 Å². The fourth-order valence-electron chi connectivity index (χ4n) is 4.65. The third kappa shape index (κ3) is 4.50. The Kier molecular flexibility index (Phi) is 6.77. The van der Waals surface area contributed by atoms with Gasteiger partial charge < -0.3 is 19.6 Å². The van der Waals surface area contributed by atoms with Crippen molar-refractivity contribution >= 4 is 29.1 Å². The van der Waals surface area contributed by atoms with Crippen molar-refractivity contribution in [2.45, 2.75) is 39.3 Å². The van der Waals surface area contributed by atoms with Crippen molar-refractivity contribution in [3.63, 3.8) is 0 Å². The molecular weight excluding hydrogens is 440 g/mol. The topological polar surface area (TPSA) is 70.1 Å². The number of carbonyl (C=O) groups is 2. The van der Waals surface area contributed by atoms with E-state index in [1.165, 1.54) is 0 Å². The van der Waals surface area contributed by atoms with Gasteiger partial charge in [0.05, 0.1) is 11.6 Å². The summed E-state index contributed by atoms with van der Waals surface area (Å²) in [5, 5.41) is 11.8. The van der Waals surface area contributed by atoms with Crippen LogP contribution in [0.2, 0.25) is 5.02 Å². The Morgan fingerprint density at radius 2 is 1.94 bits per heavy atom. The third-order valence-corrected chi connectivity index (χ3v) is 6.66. The van der Waals surface area contributed by atoms with Gasteiger partial charge in [0.15, 0.2) is 0 Å². The maximum absolute atomic E-state index is 13.2. The predicted molar refractivity (Wildman–Crippen MR) is 128 cm³/mol. The number of nitrogens with zero attached hydrogens (tertiary/aromatic N) is 2. The van der Waals surface area contributed by atoms with Gasteiger partial charge in [0.2, 0.25) is 0 Å². The monoisotopic (exact) mass is 468 g/mol. The minimum absolute atomic E-state index is 0.0644. The largest absolute Gasteiger partial charge is 0.507 e. The molecule has 2 aromatic carbocycles. The van der Waals surface area contributed by atoms with Crippen LogP contribution >= 0.6 is 11.6 Å². The second kappa shape index (κ2) is 9.57. The number of aliphatic hydroxyl groups excluding tert-OH is 1. The smallest absolute Gasteiger partial charge is 0.295 e. The molecule has 0 radical (unpaired) electrons. The molecule has 0 unspecified atom stereocenters. The van der Waals surface area contributed by atoms with E-state index < -0.39 is 17.7 Å². The summed E-state index contributed by atoms with van der Waals surface area (Å²) < 4.78 is 5.76. The minimum atomic E-state index is -0.706. The Morgan fingerprint density at radius 3 is 2.64 bits per heavy atom. The zero-order valence-electron chi connectivity index (χ0n) is 19.2. The summed E-state index contributed by atoms with van der Waals surface area (Å²) in [6.45, 7) is 8.80. The Balaban J connectivity index is 1.79. The maximum atomic E-state index is 13.2. The quantitative estimate of drug-likeness (QED) is 0.370. The number of rotatable bonds is 7. The number of ether oxygens (including phenoxy) is 1. The molecule has 7 heteroatoms. The highest BCUT2D eigenvalue weighted by atomic mass is 35.5. The molecule has 174 valence electrons. The number of fused-ring (bicyclic) bond motifs is 1. The van der Waals surface area contributed by atoms with E-state index in [1.807, 2.05) is 19.1 Å². The van der Waals surface area contributed by atoms with Gasteiger partial charge in [0.1, 0.15) is 17.6 Å². The lowest BCUT2D eigenvalue weighted by molar-refractivity contribution is -0.140. The van der Waals surface area contributed by atoms with Crippen molar-refractivity contribution in [1.29, 1.82) is 0 Å². The highest BCUT2D eigenvalue weighted by Crippen LogP contribution is 2.41. The number of benzene rings is 2. The van der Waals surface area contributed by atoms with Crippen molar-refractivity contribution in [1.82, 2.24) is 9.80 Å². The summed E-state index contributed by atoms with van der Waals surface area (Å²) in [5.74, 6) is -0.676. The molecule has 1 fully saturated rings. The van der Waals surface area contributed by atoms with Crippen LogP contribution in [0.5, 0.6) is 5.75 Å². The van der Waals surface area contributed by atoms with Crippen LogP contribution in [0.3, 0.4) is 0 Å². The summed E-state index contributed by atoms with van der Waals surface area (Å²) in [4.78, 5) is 30.0. The summed E-state index contributed by atoms with van der Waals surface area (Å²) in [6.07, 6.45) is 0.793. The molecule has 33 heavy (non-hydrogen) atoms. The van der Waals surface area contributed by atoms with Crippen molar-refractivity contribution in [2.75, 3.05) is 26.2 Å². The lowest BCUT2D eigenvalue weighted by Gasteiger charge is -2.28. The maximum Gasteiger partial charge on any atom is 0.295 e. The van der Waals surface area contributed by atoms with E-state index in [-0.39, 0.29) is 17.4 Å². The van der Waals surface area contributed by atoms with Crippen LogP contribution in [-0.4, -0.2) is 58.9 Å². The highest BCUT2D eigenvalue weighted by Gasteiger charge is 2.46. The van der Waals surface area contributed by atoms with Crippen LogP contribution < -0.4 is 4.74 Å². The number of ketones is 1. The molecule has 0 spiro atoms. The first-order valence-corrected chi connectivity index (χ1v) is 11.8. The zero-order valence-corrected chi connectivity index (χ0v) is 19.9. The lowest BCUT2D eigenvalue weighted by atomic mass is 9.94. The number of hydrogen-bond donors (Lipinski definition) is 1. The number of carbonyl (C=O) groups excluding carboxylic acids is 2. The highest BCUT2D eigenvalue weighted by molar-refractivity contribution is 6.46. The molecule has 1 N–H and O–H groups in total. The SMILES string of the molecule is CCN(CC)CCN1C(=O)C(=O)C(=C(O)c2ccc3c(c2)C[C@@H](C)O3)[C@H]1c1cccc(Cl)c1. The number of halogens is 1. The molecule has 0 aromatic heterocycles. The van der Waals surface area contributed by atoms with Gasteiger partial charge in [0, 0.05) is 30.1 Å². The first-order chi connectivity index (χ1) is 15.8. The Labute approximate surface area is 199 Å². The Bertz CT molecular complexity index is 1110. The van der Waals surface area contributed by atoms with E-state index in [4.69, 9.17) is 16.3 Å². The van der Waals surface area contributed by atoms with Crippen LogP contribution in [0.25, 0.3) is 5.76 Å². The van der Waals surface area contributed by atoms with Crippen molar-refractivity contribution in [2.24, 2.45) is 0 Å². The average molecular weight is 469 g/mol. The van der Waals surface area contributed by atoms with Crippen LogP contribution in [0.1, 0.15) is 43.5 Å². The number of amides is 1. The van der Waals surface area contributed by atoms with Crippen LogP contribution in [0.15, 0.2) is 48.0 Å². The van der Waals surface area contributed by atoms with Gasteiger partial charge in [-0.15, -0.1) is 0 Å². The van der Waals surface area contributed by atoms with E-state index in [9.17, 15) is 14.7 Å². The first-order valence-electron chi connectivity index (χ1n) is 11.4. The van der Waals surface area contributed by atoms with Gasteiger partial charge in [-0.1, -0.05) is 37.6 Å². The molecular formula is C26H29ClN2O4. The molecule has 0 bridgehead atoms. The van der Waals surface area contributed by atoms with E-state index >= 15 is 0 Å². The number of Topliss-reactive ketones (excluding diaryl/α,β-unsaturated/α-hetero) is 1. The van der Waals surface area contributed by atoms with Crippen molar-refractivity contribution in [3.8, 4) is 5.75 Å². The van der Waals surface area contributed by atoms with E-state index in [1.54, 1.807) is 35.2 Å². The van der Waals surface area contributed by atoms with Crippen molar-refractivity contribution in [3.05, 3.63) is 69.8 Å². The Hall–Kier alpha value is -2.83. The van der Waals surface area contributed by atoms with Crippen LogP contribution in [0, 0.1) is 0 Å². The van der Waals surface area contributed by atoms with Gasteiger partial charge in [-0.25, -0.2) is 0 Å². The van der Waals surface area contributed by atoms with E-state index in [0.717, 1.165) is 30.8 Å². The number of hydrogen-bond acceptors (Lipinski definition) is 5. The minimum Gasteiger partial charge on any atom is -0.507 e. The van der Waals surface area contributed by atoms with E-state index in [2.05, 4.69) is 18.7 Å². The van der Waals surface area contributed by atoms with Gasteiger partial charge in [-0.05, 0) is 61.5 Å². The zero-order chi connectivity index (χ0) is 23.7. The summed E-state index contributed by atoms with van der Waals surface area (Å²) >= 11 is 6.25.